The van der Waals surface area contributed by atoms with Gasteiger partial charge in [0.2, 0.25) is 0 Å². The maximum Gasteiger partial charge on any atom is 0.326 e. The second-order valence-electron chi connectivity index (χ2n) is 5.87. The maximum atomic E-state index is 13.0. The molecule has 7 heteroatoms. The first-order valence-corrected chi connectivity index (χ1v) is 8.70. The van der Waals surface area contributed by atoms with Crippen molar-refractivity contribution < 1.29 is 19.0 Å². The molecule has 1 atom stereocenters. The van der Waals surface area contributed by atoms with Crippen molar-refractivity contribution in [3.8, 4) is 17.2 Å². The number of hydrogen-bond donors (Lipinski definition) is 1. The summed E-state index contributed by atoms with van der Waals surface area (Å²) in [6, 6.07) is 10.2. The summed E-state index contributed by atoms with van der Waals surface area (Å²) in [5.74, 6) is 1.81. The molecule has 1 aliphatic rings. The van der Waals surface area contributed by atoms with E-state index in [0.29, 0.717) is 40.2 Å². The van der Waals surface area contributed by atoms with Crippen molar-refractivity contribution >= 4 is 29.0 Å². The van der Waals surface area contributed by atoms with Gasteiger partial charge in [-0.1, -0.05) is 18.5 Å². The predicted octanol–water partition coefficient (Wildman–Crippen LogP) is 4.57. The zero-order chi connectivity index (χ0) is 18.7. The van der Waals surface area contributed by atoms with E-state index < -0.39 is 0 Å². The molecule has 2 aromatic rings. The lowest BCUT2D eigenvalue weighted by Gasteiger charge is -2.34. The minimum atomic E-state index is -0.279. The molecule has 0 saturated heterocycles. The highest BCUT2D eigenvalue weighted by Crippen LogP contribution is 2.37. The van der Waals surface area contributed by atoms with Crippen LogP contribution in [0.15, 0.2) is 36.4 Å². The zero-order valence-electron chi connectivity index (χ0n) is 14.9. The van der Waals surface area contributed by atoms with Crippen LogP contribution < -0.4 is 24.4 Å². The average Bonchev–Trinajstić information content (AvgIpc) is 2.67. The molecule has 2 aromatic carbocycles. The smallest absolute Gasteiger partial charge is 0.326 e. The van der Waals surface area contributed by atoms with E-state index in [1.54, 1.807) is 55.5 Å². The fourth-order valence-electron chi connectivity index (χ4n) is 2.81. The largest absolute Gasteiger partial charge is 0.497 e. The summed E-state index contributed by atoms with van der Waals surface area (Å²) < 4.78 is 16.5. The van der Waals surface area contributed by atoms with Crippen molar-refractivity contribution in [2.75, 3.05) is 31.0 Å². The van der Waals surface area contributed by atoms with E-state index in [9.17, 15) is 4.79 Å². The molecular formula is C19H21ClN2O4. The van der Waals surface area contributed by atoms with Crippen LogP contribution in [-0.2, 0) is 0 Å². The Hall–Kier alpha value is -2.60. The number of halogens is 1. The Balaban J connectivity index is 1.89. The number of ether oxygens (including phenoxy) is 3. The molecule has 0 radical (unpaired) electrons. The first kappa shape index (κ1) is 18.2. The van der Waals surface area contributed by atoms with Gasteiger partial charge in [0.1, 0.15) is 23.4 Å². The van der Waals surface area contributed by atoms with Gasteiger partial charge in [0.15, 0.2) is 0 Å². The Morgan fingerprint density at radius 3 is 2.77 bits per heavy atom. The van der Waals surface area contributed by atoms with E-state index in [2.05, 4.69) is 5.32 Å². The second kappa shape index (κ2) is 7.74. The summed E-state index contributed by atoms with van der Waals surface area (Å²) in [6.07, 6.45) is 0.713. The standard InChI is InChI=1S/C19H21ClN2O4/c1-4-13-11-22(16-9-12(20)5-8-17(16)26-13)19(23)21-15-7-6-14(24-2)10-18(15)25-3/h5-10,13H,4,11H2,1-3H3,(H,21,23)/t13-/m0/s1. The third-order valence-electron chi connectivity index (χ3n) is 4.24. The lowest BCUT2D eigenvalue weighted by Crippen LogP contribution is -2.45. The third kappa shape index (κ3) is 3.65. The molecule has 0 unspecified atom stereocenters. The fourth-order valence-corrected chi connectivity index (χ4v) is 2.98. The van der Waals surface area contributed by atoms with E-state index in [4.69, 9.17) is 25.8 Å². The van der Waals surface area contributed by atoms with Gasteiger partial charge in [-0.15, -0.1) is 0 Å². The molecule has 3 rings (SSSR count). The van der Waals surface area contributed by atoms with Gasteiger partial charge in [0, 0.05) is 11.1 Å². The number of carbonyl (C=O) groups excluding carboxylic acids is 1. The minimum Gasteiger partial charge on any atom is -0.497 e. The highest BCUT2D eigenvalue weighted by Gasteiger charge is 2.29. The summed E-state index contributed by atoms with van der Waals surface area (Å²) in [4.78, 5) is 14.6. The number of carbonyl (C=O) groups is 1. The Morgan fingerprint density at radius 2 is 2.08 bits per heavy atom. The number of methoxy groups -OCH3 is 2. The Morgan fingerprint density at radius 1 is 1.27 bits per heavy atom. The number of hydrogen-bond acceptors (Lipinski definition) is 4. The number of fused-ring (bicyclic) bond motifs is 1. The molecule has 1 N–H and O–H groups in total. The van der Waals surface area contributed by atoms with Crippen LogP contribution in [0.2, 0.25) is 5.02 Å². The third-order valence-corrected chi connectivity index (χ3v) is 4.48. The number of urea groups is 1. The van der Waals surface area contributed by atoms with Gasteiger partial charge in [-0.05, 0) is 36.8 Å². The average molecular weight is 377 g/mol. The fraction of sp³-hybridized carbons (Fsp3) is 0.316. The lowest BCUT2D eigenvalue weighted by molar-refractivity contribution is 0.188. The topological polar surface area (TPSA) is 60.0 Å². The molecule has 1 aliphatic heterocycles. The Bertz CT molecular complexity index is 812. The first-order valence-electron chi connectivity index (χ1n) is 8.32. The summed E-state index contributed by atoms with van der Waals surface area (Å²) in [7, 11) is 3.12. The van der Waals surface area contributed by atoms with Crippen molar-refractivity contribution in [3.05, 3.63) is 41.4 Å². The van der Waals surface area contributed by atoms with Crippen LogP contribution in [0.25, 0.3) is 0 Å². The van der Waals surface area contributed by atoms with Crippen molar-refractivity contribution in [1.29, 1.82) is 0 Å². The van der Waals surface area contributed by atoms with Crippen molar-refractivity contribution in [2.24, 2.45) is 0 Å². The van der Waals surface area contributed by atoms with E-state index >= 15 is 0 Å². The van der Waals surface area contributed by atoms with E-state index in [-0.39, 0.29) is 12.1 Å². The van der Waals surface area contributed by atoms with Crippen LogP contribution in [-0.4, -0.2) is 32.9 Å². The molecule has 6 nitrogen and oxygen atoms in total. The lowest BCUT2D eigenvalue weighted by atomic mass is 10.1. The quantitative estimate of drug-likeness (QED) is 0.849. The van der Waals surface area contributed by atoms with Crippen LogP contribution >= 0.6 is 11.6 Å². The molecule has 0 fully saturated rings. The molecule has 0 aliphatic carbocycles. The van der Waals surface area contributed by atoms with Crippen molar-refractivity contribution in [2.45, 2.75) is 19.4 Å². The number of nitrogens with zero attached hydrogens (tertiary/aromatic N) is 1. The number of anilines is 2. The summed E-state index contributed by atoms with van der Waals surface area (Å²) in [5, 5.41) is 3.44. The van der Waals surface area contributed by atoms with Gasteiger partial charge in [-0.25, -0.2) is 4.79 Å². The number of amides is 2. The number of nitrogens with one attached hydrogen (secondary N) is 1. The SMILES string of the molecule is CC[C@H]1CN(C(=O)Nc2ccc(OC)cc2OC)c2cc(Cl)ccc2O1. The molecule has 0 bridgehead atoms. The highest BCUT2D eigenvalue weighted by molar-refractivity contribution is 6.31. The summed E-state index contributed by atoms with van der Waals surface area (Å²) in [5.41, 5.74) is 1.20. The summed E-state index contributed by atoms with van der Waals surface area (Å²) in [6.45, 7) is 2.46. The van der Waals surface area contributed by atoms with E-state index in [1.807, 2.05) is 6.92 Å². The van der Waals surface area contributed by atoms with Crippen molar-refractivity contribution in [3.63, 3.8) is 0 Å². The zero-order valence-corrected chi connectivity index (χ0v) is 15.7. The van der Waals surface area contributed by atoms with Crippen LogP contribution in [0.4, 0.5) is 16.2 Å². The molecule has 26 heavy (non-hydrogen) atoms. The Labute approximate surface area is 157 Å². The van der Waals surface area contributed by atoms with Gasteiger partial charge >= 0.3 is 6.03 Å². The summed E-state index contributed by atoms with van der Waals surface area (Å²) >= 11 is 6.11. The molecule has 2 amide bonds. The molecule has 0 aromatic heterocycles. The highest BCUT2D eigenvalue weighted by atomic mass is 35.5. The first-order chi connectivity index (χ1) is 12.5. The van der Waals surface area contributed by atoms with Gasteiger partial charge in [-0.3, -0.25) is 4.90 Å². The van der Waals surface area contributed by atoms with Crippen LogP contribution in [0.3, 0.4) is 0 Å². The molecule has 0 saturated carbocycles. The predicted molar refractivity (Wildman–Crippen MR) is 102 cm³/mol. The van der Waals surface area contributed by atoms with E-state index in [1.165, 1.54) is 0 Å². The normalized spacial score (nSPS) is 15.7. The van der Waals surface area contributed by atoms with Gasteiger partial charge in [-0.2, -0.15) is 0 Å². The number of benzene rings is 2. The molecule has 1 heterocycles. The van der Waals surface area contributed by atoms with Gasteiger partial charge in [0.25, 0.3) is 0 Å². The molecule has 138 valence electrons. The van der Waals surface area contributed by atoms with Crippen LogP contribution in [0, 0.1) is 0 Å². The second-order valence-corrected chi connectivity index (χ2v) is 6.30. The van der Waals surface area contributed by atoms with Gasteiger partial charge < -0.3 is 19.5 Å². The Kier molecular flexibility index (Phi) is 5.42. The monoisotopic (exact) mass is 376 g/mol. The van der Waals surface area contributed by atoms with Crippen LogP contribution in [0.1, 0.15) is 13.3 Å². The minimum absolute atomic E-state index is 0.0767. The molecule has 0 spiro atoms. The van der Waals surface area contributed by atoms with Gasteiger partial charge in [0.05, 0.1) is 32.1 Å². The van der Waals surface area contributed by atoms with E-state index in [0.717, 1.165) is 6.42 Å². The van der Waals surface area contributed by atoms with Crippen molar-refractivity contribution in [1.82, 2.24) is 0 Å². The maximum absolute atomic E-state index is 13.0. The number of rotatable bonds is 4. The van der Waals surface area contributed by atoms with Crippen LogP contribution in [0.5, 0.6) is 17.2 Å². The molecular weight excluding hydrogens is 356 g/mol.